The molecule has 1 amide bonds. The zero-order chi connectivity index (χ0) is 27.2. The van der Waals surface area contributed by atoms with E-state index in [0.717, 1.165) is 62.5 Å². The summed E-state index contributed by atoms with van der Waals surface area (Å²) in [7, 11) is 3.13. The molecule has 8 heteroatoms. The fraction of sp³-hybridized carbons (Fsp3) is 0.552. The van der Waals surface area contributed by atoms with Crippen molar-refractivity contribution in [1.82, 2.24) is 4.90 Å². The van der Waals surface area contributed by atoms with Crippen molar-refractivity contribution < 1.29 is 23.9 Å². The maximum atomic E-state index is 13.2. The van der Waals surface area contributed by atoms with Gasteiger partial charge in [-0.1, -0.05) is 52.4 Å². The van der Waals surface area contributed by atoms with Gasteiger partial charge in [-0.05, 0) is 49.6 Å². The zero-order valence-corrected chi connectivity index (χ0v) is 23.0. The van der Waals surface area contributed by atoms with Crippen LogP contribution in [0.2, 0.25) is 0 Å². The molecular formula is C29H42N2O6. The molecule has 0 N–H and O–H groups in total. The Balaban J connectivity index is 2.28. The zero-order valence-electron chi connectivity index (χ0n) is 23.0. The Morgan fingerprint density at radius 2 is 1.57 bits per heavy atom. The van der Waals surface area contributed by atoms with E-state index in [1.54, 1.807) is 50.3 Å². The second kappa shape index (κ2) is 15.7. The molecule has 0 spiro atoms. The van der Waals surface area contributed by atoms with Gasteiger partial charge >= 0.3 is 6.09 Å². The van der Waals surface area contributed by atoms with Gasteiger partial charge in [0.25, 0.3) is 5.69 Å². The number of unbranched alkanes of at least 4 members (excludes halogenated alkanes) is 6. The van der Waals surface area contributed by atoms with Gasteiger partial charge in [0.05, 0.1) is 24.7 Å². The monoisotopic (exact) mass is 514 g/mol. The Morgan fingerprint density at radius 1 is 0.919 bits per heavy atom. The number of ether oxygens (including phenoxy) is 3. The number of carbonyl (C=O) groups is 1. The second-order valence-corrected chi connectivity index (χ2v) is 9.23. The van der Waals surface area contributed by atoms with Crippen molar-refractivity contribution >= 4 is 11.8 Å². The van der Waals surface area contributed by atoms with Gasteiger partial charge in [0.2, 0.25) is 0 Å². The third-order valence-corrected chi connectivity index (χ3v) is 6.48. The normalized spacial score (nSPS) is 11.6. The molecule has 0 aliphatic rings. The molecule has 2 rings (SSSR count). The first kappa shape index (κ1) is 29.9. The van der Waals surface area contributed by atoms with Crippen molar-refractivity contribution in [2.75, 3.05) is 27.3 Å². The van der Waals surface area contributed by atoms with Crippen LogP contribution in [-0.2, 0) is 4.74 Å². The van der Waals surface area contributed by atoms with Crippen LogP contribution in [0.15, 0.2) is 36.4 Å². The Morgan fingerprint density at radius 3 is 2.11 bits per heavy atom. The minimum absolute atomic E-state index is 0.0889. The van der Waals surface area contributed by atoms with Crippen LogP contribution in [0.1, 0.15) is 83.8 Å². The molecule has 0 aliphatic carbocycles. The molecular weight excluding hydrogens is 472 g/mol. The summed E-state index contributed by atoms with van der Waals surface area (Å²) in [6.07, 6.45) is 7.22. The Bertz CT molecular complexity index is 998. The lowest BCUT2D eigenvalue weighted by molar-refractivity contribution is -0.386. The number of methoxy groups -OCH3 is 2. The standard InChI is InChI=1S/C29H42N2O6/c1-6-8-10-12-18-30(19-13-11-9-7-2)29(32)37-22(3)26-20-23(14-17-27(26)31(33)34)25-16-15-24(35-4)21-28(25)36-5/h14-17,20-22H,6-13,18-19H2,1-5H3. The highest BCUT2D eigenvalue weighted by Gasteiger charge is 2.25. The van der Waals surface area contributed by atoms with Crippen LogP contribution in [0.5, 0.6) is 11.5 Å². The van der Waals surface area contributed by atoms with Gasteiger partial charge in [-0.25, -0.2) is 4.79 Å². The molecule has 0 heterocycles. The molecule has 37 heavy (non-hydrogen) atoms. The summed E-state index contributed by atoms with van der Waals surface area (Å²) in [6, 6.07) is 10.2. The van der Waals surface area contributed by atoms with Crippen LogP contribution in [0.3, 0.4) is 0 Å². The second-order valence-electron chi connectivity index (χ2n) is 9.23. The molecule has 0 fully saturated rings. The Kier molecular flexibility index (Phi) is 12.7. The van der Waals surface area contributed by atoms with Crippen molar-refractivity contribution in [3.63, 3.8) is 0 Å². The molecule has 2 aromatic carbocycles. The lowest BCUT2D eigenvalue weighted by atomic mass is 9.98. The van der Waals surface area contributed by atoms with E-state index in [0.29, 0.717) is 30.2 Å². The SMILES string of the molecule is CCCCCCN(CCCCCC)C(=O)OC(C)c1cc(-c2ccc(OC)cc2OC)ccc1[N+](=O)[O-]. The smallest absolute Gasteiger partial charge is 0.410 e. The van der Waals surface area contributed by atoms with Gasteiger partial charge in [0.15, 0.2) is 0 Å². The third kappa shape index (κ3) is 8.95. The maximum Gasteiger partial charge on any atom is 0.410 e. The number of hydrogen-bond acceptors (Lipinski definition) is 6. The van der Waals surface area contributed by atoms with E-state index in [-0.39, 0.29) is 5.69 Å². The van der Waals surface area contributed by atoms with Gasteiger partial charge in [0, 0.05) is 30.8 Å². The largest absolute Gasteiger partial charge is 0.497 e. The number of nitrogens with zero attached hydrogens (tertiary/aromatic N) is 2. The van der Waals surface area contributed by atoms with Gasteiger partial charge in [-0.2, -0.15) is 0 Å². The summed E-state index contributed by atoms with van der Waals surface area (Å²) >= 11 is 0. The minimum Gasteiger partial charge on any atom is -0.497 e. The third-order valence-electron chi connectivity index (χ3n) is 6.48. The number of amides is 1. The summed E-state index contributed by atoms with van der Waals surface area (Å²) in [4.78, 5) is 26.3. The molecule has 0 saturated carbocycles. The first-order chi connectivity index (χ1) is 17.9. The van der Waals surface area contributed by atoms with Crippen molar-refractivity contribution in [2.45, 2.75) is 78.2 Å². The Labute approximate surface area is 221 Å². The van der Waals surface area contributed by atoms with Crippen LogP contribution in [0.25, 0.3) is 11.1 Å². The molecule has 8 nitrogen and oxygen atoms in total. The summed E-state index contributed by atoms with van der Waals surface area (Å²) in [5.74, 6) is 1.22. The summed E-state index contributed by atoms with van der Waals surface area (Å²) in [6.45, 7) is 7.25. The average molecular weight is 515 g/mol. The maximum absolute atomic E-state index is 13.2. The number of rotatable bonds is 16. The molecule has 0 bridgehead atoms. The number of nitro groups is 1. The van der Waals surface area contributed by atoms with Gasteiger partial charge in [-0.3, -0.25) is 10.1 Å². The van der Waals surface area contributed by atoms with Crippen LogP contribution in [0.4, 0.5) is 10.5 Å². The molecule has 1 atom stereocenters. The number of benzene rings is 2. The van der Waals surface area contributed by atoms with Crippen molar-refractivity contribution in [3.05, 3.63) is 52.1 Å². The topological polar surface area (TPSA) is 91.1 Å². The molecule has 0 radical (unpaired) electrons. The van der Waals surface area contributed by atoms with Crippen LogP contribution >= 0.6 is 0 Å². The molecule has 204 valence electrons. The van der Waals surface area contributed by atoms with Gasteiger partial charge in [-0.15, -0.1) is 0 Å². The number of hydrogen-bond donors (Lipinski definition) is 0. The molecule has 0 saturated heterocycles. The predicted octanol–water partition coefficient (Wildman–Crippen LogP) is 7.94. The molecule has 0 aliphatic heterocycles. The van der Waals surface area contributed by atoms with Crippen molar-refractivity contribution in [2.24, 2.45) is 0 Å². The van der Waals surface area contributed by atoms with E-state index in [2.05, 4.69) is 13.8 Å². The van der Waals surface area contributed by atoms with E-state index < -0.39 is 17.1 Å². The average Bonchev–Trinajstić information content (AvgIpc) is 2.91. The summed E-state index contributed by atoms with van der Waals surface area (Å²) < 4.78 is 16.6. The van der Waals surface area contributed by atoms with Crippen molar-refractivity contribution in [3.8, 4) is 22.6 Å². The van der Waals surface area contributed by atoms with Crippen LogP contribution in [0, 0.1) is 10.1 Å². The Hall–Kier alpha value is -3.29. The molecule has 2 aromatic rings. The first-order valence-electron chi connectivity index (χ1n) is 13.3. The quantitative estimate of drug-likeness (QED) is 0.128. The highest BCUT2D eigenvalue weighted by atomic mass is 16.6. The van der Waals surface area contributed by atoms with Gasteiger partial charge in [0.1, 0.15) is 17.6 Å². The highest BCUT2D eigenvalue weighted by Crippen LogP contribution is 2.37. The van der Waals surface area contributed by atoms with E-state index in [4.69, 9.17) is 14.2 Å². The summed E-state index contributed by atoms with van der Waals surface area (Å²) in [5.41, 5.74) is 1.73. The van der Waals surface area contributed by atoms with E-state index >= 15 is 0 Å². The van der Waals surface area contributed by atoms with Crippen molar-refractivity contribution in [1.29, 1.82) is 0 Å². The minimum atomic E-state index is -0.800. The lowest BCUT2D eigenvalue weighted by Gasteiger charge is -2.25. The van der Waals surface area contributed by atoms with E-state index in [9.17, 15) is 14.9 Å². The highest BCUT2D eigenvalue weighted by molar-refractivity contribution is 5.74. The van der Waals surface area contributed by atoms with E-state index in [1.165, 1.54) is 6.07 Å². The lowest BCUT2D eigenvalue weighted by Crippen LogP contribution is -2.34. The summed E-state index contributed by atoms with van der Waals surface area (Å²) in [5, 5.41) is 11.8. The number of nitro benzene ring substituents is 1. The number of carbonyl (C=O) groups excluding carboxylic acids is 1. The fourth-order valence-corrected chi connectivity index (χ4v) is 4.29. The molecule has 1 unspecified atom stereocenters. The van der Waals surface area contributed by atoms with Crippen LogP contribution in [-0.4, -0.2) is 43.2 Å². The molecule has 0 aromatic heterocycles. The van der Waals surface area contributed by atoms with E-state index in [1.807, 2.05) is 6.07 Å². The predicted molar refractivity (Wildman–Crippen MR) is 146 cm³/mol. The van der Waals surface area contributed by atoms with Gasteiger partial charge < -0.3 is 19.1 Å². The van der Waals surface area contributed by atoms with Crippen LogP contribution < -0.4 is 9.47 Å². The fourth-order valence-electron chi connectivity index (χ4n) is 4.29. The first-order valence-corrected chi connectivity index (χ1v) is 13.3.